The van der Waals surface area contributed by atoms with E-state index in [1.807, 2.05) is 6.07 Å². The molecule has 23 heavy (non-hydrogen) atoms. The summed E-state index contributed by atoms with van der Waals surface area (Å²) in [6.07, 6.45) is 3.25. The quantitative estimate of drug-likeness (QED) is 0.848. The molecule has 0 fully saturated rings. The molecule has 0 saturated carbocycles. The van der Waals surface area contributed by atoms with E-state index < -0.39 is 0 Å². The molecule has 1 atom stereocenters. The van der Waals surface area contributed by atoms with E-state index in [9.17, 15) is 9.59 Å². The molecule has 5 nitrogen and oxygen atoms in total. The number of hydrogen-bond acceptors (Lipinski definition) is 4. The summed E-state index contributed by atoms with van der Waals surface area (Å²) in [5.74, 6) is -0.00130. The van der Waals surface area contributed by atoms with Crippen molar-refractivity contribution in [1.29, 1.82) is 0 Å². The van der Waals surface area contributed by atoms with Gasteiger partial charge in [-0.2, -0.15) is 0 Å². The molecule has 1 aromatic carbocycles. The van der Waals surface area contributed by atoms with E-state index in [0.29, 0.717) is 5.92 Å². The van der Waals surface area contributed by atoms with Crippen molar-refractivity contribution < 1.29 is 9.59 Å². The second-order valence-corrected chi connectivity index (χ2v) is 6.90. The van der Waals surface area contributed by atoms with Crippen molar-refractivity contribution in [1.82, 2.24) is 15.8 Å². The molecule has 3 rings (SSSR count). The lowest BCUT2D eigenvalue weighted by molar-refractivity contribution is -0.127. The maximum atomic E-state index is 11.8. The van der Waals surface area contributed by atoms with Crippen LogP contribution in [-0.2, 0) is 28.9 Å². The number of aryl methyl sites for hydroxylation is 1. The lowest BCUT2D eigenvalue weighted by Gasteiger charge is -2.21. The number of nitrogens with zero attached hydrogens (tertiary/aromatic N) is 1. The van der Waals surface area contributed by atoms with Crippen LogP contribution in [0.5, 0.6) is 0 Å². The van der Waals surface area contributed by atoms with Gasteiger partial charge in [-0.3, -0.25) is 20.4 Å². The summed E-state index contributed by atoms with van der Waals surface area (Å²) < 4.78 is 0. The van der Waals surface area contributed by atoms with Crippen LogP contribution in [-0.4, -0.2) is 16.8 Å². The standard InChI is InChI=1S/C17H19N3O2S/c1-11(21)19-20-16(22)10-17-18-14-8-7-13(9-15(14)23-17)12-5-3-2-4-6-12/h2-6,13H,7-10H2,1H3,(H,19,21)(H,20,22). The van der Waals surface area contributed by atoms with Gasteiger partial charge in [-0.15, -0.1) is 11.3 Å². The van der Waals surface area contributed by atoms with Crippen molar-refractivity contribution in [2.45, 2.75) is 38.5 Å². The molecule has 0 saturated heterocycles. The summed E-state index contributed by atoms with van der Waals surface area (Å²) >= 11 is 1.61. The third kappa shape index (κ3) is 3.96. The predicted octanol–water partition coefficient (Wildman–Crippen LogP) is 2.13. The number of rotatable bonds is 3. The van der Waals surface area contributed by atoms with Gasteiger partial charge in [-0.1, -0.05) is 30.3 Å². The molecule has 1 heterocycles. The van der Waals surface area contributed by atoms with Crippen LogP contribution >= 0.6 is 11.3 Å². The van der Waals surface area contributed by atoms with Gasteiger partial charge in [-0.25, -0.2) is 4.98 Å². The fourth-order valence-electron chi connectivity index (χ4n) is 2.85. The first kappa shape index (κ1) is 15.7. The highest BCUT2D eigenvalue weighted by atomic mass is 32.1. The summed E-state index contributed by atoms with van der Waals surface area (Å²) in [6, 6.07) is 10.6. The van der Waals surface area contributed by atoms with Crippen molar-refractivity contribution in [3.8, 4) is 0 Å². The highest BCUT2D eigenvalue weighted by Crippen LogP contribution is 2.35. The van der Waals surface area contributed by atoms with Crippen LogP contribution in [0.4, 0.5) is 0 Å². The zero-order valence-electron chi connectivity index (χ0n) is 13.0. The van der Waals surface area contributed by atoms with Gasteiger partial charge in [0.1, 0.15) is 5.01 Å². The second kappa shape index (κ2) is 6.91. The number of aromatic nitrogens is 1. The van der Waals surface area contributed by atoms with E-state index in [-0.39, 0.29) is 18.2 Å². The van der Waals surface area contributed by atoms with Crippen molar-refractivity contribution in [2.24, 2.45) is 0 Å². The van der Waals surface area contributed by atoms with Crippen molar-refractivity contribution in [3.05, 3.63) is 51.5 Å². The minimum Gasteiger partial charge on any atom is -0.274 e. The predicted molar refractivity (Wildman–Crippen MR) is 89.0 cm³/mol. The van der Waals surface area contributed by atoms with E-state index in [0.717, 1.165) is 30.0 Å². The van der Waals surface area contributed by atoms with Crippen LogP contribution in [0.25, 0.3) is 0 Å². The zero-order chi connectivity index (χ0) is 16.2. The van der Waals surface area contributed by atoms with Crippen LogP contribution in [0.3, 0.4) is 0 Å². The van der Waals surface area contributed by atoms with Crippen molar-refractivity contribution >= 4 is 23.2 Å². The van der Waals surface area contributed by atoms with Crippen molar-refractivity contribution in [2.75, 3.05) is 0 Å². The molecule has 6 heteroatoms. The Labute approximate surface area is 139 Å². The molecular weight excluding hydrogens is 310 g/mol. The molecule has 1 aromatic heterocycles. The lowest BCUT2D eigenvalue weighted by atomic mass is 9.85. The van der Waals surface area contributed by atoms with Gasteiger partial charge in [0.15, 0.2) is 0 Å². The van der Waals surface area contributed by atoms with E-state index in [1.54, 1.807) is 11.3 Å². The lowest BCUT2D eigenvalue weighted by Crippen LogP contribution is -2.41. The number of benzene rings is 1. The van der Waals surface area contributed by atoms with Gasteiger partial charge < -0.3 is 0 Å². The summed E-state index contributed by atoms with van der Waals surface area (Å²) in [6.45, 7) is 1.35. The fourth-order valence-corrected chi connectivity index (χ4v) is 4.05. The Morgan fingerprint density at radius 1 is 1.26 bits per heavy atom. The van der Waals surface area contributed by atoms with Gasteiger partial charge in [0.2, 0.25) is 11.8 Å². The summed E-state index contributed by atoms with van der Waals surface area (Å²) in [5, 5.41) is 0.812. The maximum absolute atomic E-state index is 11.8. The number of hydrazine groups is 1. The van der Waals surface area contributed by atoms with E-state index in [1.165, 1.54) is 17.4 Å². The molecule has 0 spiro atoms. The minimum atomic E-state index is -0.289. The maximum Gasteiger partial charge on any atom is 0.245 e. The Morgan fingerprint density at radius 3 is 2.78 bits per heavy atom. The summed E-state index contributed by atoms with van der Waals surface area (Å²) in [4.78, 5) is 28.4. The highest BCUT2D eigenvalue weighted by molar-refractivity contribution is 7.11. The van der Waals surface area contributed by atoms with Gasteiger partial charge >= 0.3 is 0 Å². The molecule has 0 bridgehead atoms. The highest BCUT2D eigenvalue weighted by Gasteiger charge is 2.24. The van der Waals surface area contributed by atoms with E-state index in [2.05, 4.69) is 40.1 Å². The Hall–Kier alpha value is -2.21. The number of carbonyl (C=O) groups excluding carboxylic acids is 2. The number of fused-ring (bicyclic) bond motifs is 1. The molecule has 0 radical (unpaired) electrons. The largest absolute Gasteiger partial charge is 0.274 e. The first-order valence-electron chi connectivity index (χ1n) is 7.69. The molecule has 1 aliphatic carbocycles. The number of carbonyl (C=O) groups is 2. The first-order valence-corrected chi connectivity index (χ1v) is 8.51. The Balaban J connectivity index is 1.65. The summed E-state index contributed by atoms with van der Waals surface area (Å²) in [7, 11) is 0. The second-order valence-electron chi connectivity index (χ2n) is 5.73. The Bertz CT molecular complexity index is 712. The van der Waals surface area contributed by atoms with Crippen LogP contribution in [0.1, 0.15) is 40.4 Å². The molecule has 2 aromatic rings. The molecule has 2 amide bonds. The molecule has 2 N–H and O–H groups in total. The number of amides is 2. The van der Waals surface area contributed by atoms with Gasteiger partial charge in [-0.05, 0) is 30.7 Å². The monoisotopic (exact) mass is 329 g/mol. The average Bonchev–Trinajstić information content (AvgIpc) is 2.95. The molecular formula is C17H19N3O2S. The van der Waals surface area contributed by atoms with Crippen LogP contribution in [0.15, 0.2) is 30.3 Å². The minimum absolute atomic E-state index is 0.202. The molecule has 1 aliphatic rings. The number of thiazole rings is 1. The van der Waals surface area contributed by atoms with Gasteiger partial charge in [0, 0.05) is 11.8 Å². The van der Waals surface area contributed by atoms with Crippen LogP contribution in [0, 0.1) is 0 Å². The van der Waals surface area contributed by atoms with Crippen LogP contribution in [0.2, 0.25) is 0 Å². The Morgan fingerprint density at radius 2 is 2.04 bits per heavy atom. The topological polar surface area (TPSA) is 71.1 Å². The normalized spacial score (nSPS) is 16.5. The fraction of sp³-hybridized carbons (Fsp3) is 0.353. The summed E-state index contributed by atoms with van der Waals surface area (Å²) in [5.41, 5.74) is 7.17. The van der Waals surface area contributed by atoms with Crippen LogP contribution < -0.4 is 10.9 Å². The molecule has 1 unspecified atom stereocenters. The third-order valence-electron chi connectivity index (χ3n) is 3.94. The Kier molecular flexibility index (Phi) is 4.71. The van der Waals surface area contributed by atoms with Crippen molar-refractivity contribution in [3.63, 3.8) is 0 Å². The van der Waals surface area contributed by atoms with E-state index in [4.69, 9.17) is 0 Å². The zero-order valence-corrected chi connectivity index (χ0v) is 13.8. The number of nitrogens with one attached hydrogen (secondary N) is 2. The SMILES string of the molecule is CC(=O)NNC(=O)Cc1nc2c(s1)CC(c1ccccc1)CC2. The molecule has 120 valence electrons. The van der Waals surface area contributed by atoms with Gasteiger partial charge in [0.05, 0.1) is 12.1 Å². The number of hydrogen-bond donors (Lipinski definition) is 2. The first-order chi connectivity index (χ1) is 11.1. The average molecular weight is 329 g/mol. The molecule has 0 aliphatic heterocycles. The van der Waals surface area contributed by atoms with E-state index >= 15 is 0 Å². The smallest absolute Gasteiger partial charge is 0.245 e. The van der Waals surface area contributed by atoms with Gasteiger partial charge in [0.25, 0.3) is 0 Å². The third-order valence-corrected chi connectivity index (χ3v) is 5.06.